The number of carbonyl (C=O) groups excluding carboxylic acids is 1. The molecule has 1 aromatic heterocycles. The van der Waals surface area contributed by atoms with E-state index in [4.69, 9.17) is 0 Å². The minimum Gasteiger partial charge on any atom is -0.363 e. The van der Waals surface area contributed by atoms with E-state index in [1.54, 1.807) is 31.1 Å². The fourth-order valence-corrected chi connectivity index (χ4v) is 1.58. The van der Waals surface area contributed by atoms with Crippen LogP contribution < -0.4 is 10.2 Å². The molecule has 1 amide bonds. The molecule has 0 saturated carbocycles. The third kappa shape index (κ3) is 3.09. The predicted octanol–water partition coefficient (Wildman–Crippen LogP) is 2.68. The number of hydrogen-bond donors (Lipinski definition) is 1. The van der Waals surface area contributed by atoms with Crippen molar-refractivity contribution < 1.29 is 13.6 Å². The molecule has 0 bridgehead atoms. The molecular weight excluding hydrogens is 264 g/mol. The Hall–Kier alpha value is -2.50. The van der Waals surface area contributed by atoms with Crippen molar-refractivity contribution in [3.63, 3.8) is 0 Å². The van der Waals surface area contributed by atoms with Crippen molar-refractivity contribution in [2.45, 2.75) is 0 Å². The maximum atomic E-state index is 13.5. The number of nitrogens with one attached hydrogen (secondary N) is 1. The summed E-state index contributed by atoms with van der Waals surface area (Å²) in [6.07, 6.45) is 0. The molecule has 1 aromatic carbocycles. The number of amides is 1. The van der Waals surface area contributed by atoms with E-state index in [1.807, 2.05) is 0 Å². The lowest BCUT2D eigenvalue weighted by Crippen LogP contribution is -2.17. The van der Waals surface area contributed by atoms with E-state index in [-0.39, 0.29) is 11.4 Å². The van der Waals surface area contributed by atoms with Crippen molar-refractivity contribution >= 4 is 17.4 Å². The second-order valence-corrected chi connectivity index (χ2v) is 4.35. The number of halogens is 2. The number of aromatic nitrogens is 1. The average molecular weight is 277 g/mol. The van der Waals surface area contributed by atoms with Crippen molar-refractivity contribution in [1.29, 1.82) is 0 Å². The van der Waals surface area contributed by atoms with Crippen molar-refractivity contribution in [2.75, 3.05) is 24.3 Å². The monoisotopic (exact) mass is 277 g/mol. The summed E-state index contributed by atoms with van der Waals surface area (Å²) < 4.78 is 26.2. The van der Waals surface area contributed by atoms with Gasteiger partial charge in [0, 0.05) is 20.2 Å². The van der Waals surface area contributed by atoms with Crippen LogP contribution in [0.25, 0.3) is 0 Å². The molecule has 4 nitrogen and oxygen atoms in total. The number of anilines is 2. The molecule has 0 spiro atoms. The van der Waals surface area contributed by atoms with Crippen LogP contribution in [0.2, 0.25) is 0 Å². The van der Waals surface area contributed by atoms with Gasteiger partial charge in [-0.05, 0) is 24.3 Å². The summed E-state index contributed by atoms with van der Waals surface area (Å²) in [5, 5.41) is 2.36. The summed E-state index contributed by atoms with van der Waals surface area (Å²) in [4.78, 5) is 17.9. The fourth-order valence-electron chi connectivity index (χ4n) is 1.58. The van der Waals surface area contributed by atoms with Gasteiger partial charge in [-0.3, -0.25) is 4.79 Å². The number of nitrogens with zero attached hydrogens (tertiary/aromatic N) is 2. The standard InChI is InChI=1S/C14H13F2N3O/c1-19(2)13-5-3-4-12(17-13)14(20)18-11-7-6-9(15)8-10(11)16/h3-8H,1-2H3,(H,18,20). The van der Waals surface area contributed by atoms with E-state index in [1.165, 1.54) is 12.1 Å². The van der Waals surface area contributed by atoms with Crippen molar-refractivity contribution in [2.24, 2.45) is 0 Å². The first kappa shape index (κ1) is 13.9. The van der Waals surface area contributed by atoms with Gasteiger partial charge in [-0.25, -0.2) is 13.8 Å². The largest absolute Gasteiger partial charge is 0.363 e. The van der Waals surface area contributed by atoms with Crippen LogP contribution >= 0.6 is 0 Å². The van der Waals surface area contributed by atoms with E-state index in [9.17, 15) is 13.6 Å². The van der Waals surface area contributed by atoms with Crippen LogP contribution in [-0.4, -0.2) is 25.0 Å². The summed E-state index contributed by atoms with van der Waals surface area (Å²) >= 11 is 0. The highest BCUT2D eigenvalue weighted by atomic mass is 19.1. The Morgan fingerprint density at radius 3 is 2.60 bits per heavy atom. The first-order valence-electron chi connectivity index (χ1n) is 5.88. The number of benzene rings is 1. The van der Waals surface area contributed by atoms with Gasteiger partial charge in [0.15, 0.2) is 0 Å². The molecule has 1 N–H and O–H groups in total. The summed E-state index contributed by atoms with van der Waals surface area (Å²) in [6, 6.07) is 7.89. The lowest BCUT2D eigenvalue weighted by molar-refractivity contribution is 0.102. The first-order chi connectivity index (χ1) is 9.47. The molecule has 0 radical (unpaired) electrons. The average Bonchev–Trinajstić information content (AvgIpc) is 2.42. The highest BCUT2D eigenvalue weighted by Gasteiger charge is 2.12. The normalized spacial score (nSPS) is 10.2. The van der Waals surface area contributed by atoms with Crippen molar-refractivity contribution in [3.05, 3.63) is 53.7 Å². The van der Waals surface area contributed by atoms with E-state index < -0.39 is 17.5 Å². The highest BCUT2D eigenvalue weighted by molar-refractivity contribution is 6.03. The number of rotatable bonds is 3. The molecule has 0 aliphatic heterocycles. The Bertz CT molecular complexity index is 644. The lowest BCUT2D eigenvalue weighted by atomic mass is 10.2. The second-order valence-electron chi connectivity index (χ2n) is 4.35. The maximum Gasteiger partial charge on any atom is 0.274 e. The Morgan fingerprint density at radius 1 is 1.20 bits per heavy atom. The van der Waals surface area contributed by atoms with Gasteiger partial charge in [-0.15, -0.1) is 0 Å². The van der Waals surface area contributed by atoms with Gasteiger partial charge >= 0.3 is 0 Å². The van der Waals surface area contributed by atoms with E-state index in [0.717, 1.165) is 6.07 Å². The summed E-state index contributed by atoms with van der Waals surface area (Å²) in [5.74, 6) is -1.48. The van der Waals surface area contributed by atoms with Crippen LogP contribution in [0.1, 0.15) is 10.5 Å². The minimum atomic E-state index is -0.831. The zero-order valence-electron chi connectivity index (χ0n) is 11.0. The molecule has 0 saturated heterocycles. The summed E-state index contributed by atoms with van der Waals surface area (Å²) in [6.45, 7) is 0. The Balaban J connectivity index is 2.21. The van der Waals surface area contributed by atoms with Crippen molar-refractivity contribution in [1.82, 2.24) is 4.98 Å². The van der Waals surface area contributed by atoms with Gasteiger partial charge in [0.1, 0.15) is 23.1 Å². The molecule has 1 heterocycles. The summed E-state index contributed by atoms with van der Waals surface area (Å²) in [7, 11) is 3.59. The molecule has 2 aromatic rings. The molecule has 6 heteroatoms. The van der Waals surface area contributed by atoms with E-state index >= 15 is 0 Å². The van der Waals surface area contributed by atoms with E-state index in [0.29, 0.717) is 11.9 Å². The molecule has 0 fully saturated rings. The van der Waals surface area contributed by atoms with Gasteiger partial charge < -0.3 is 10.2 Å². The molecule has 2 rings (SSSR count). The van der Waals surface area contributed by atoms with Gasteiger partial charge in [0.05, 0.1) is 5.69 Å². The minimum absolute atomic E-state index is 0.0894. The van der Waals surface area contributed by atoms with Gasteiger partial charge in [0.2, 0.25) is 0 Å². The molecule has 0 unspecified atom stereocenters. The topological polar surface area (TPSA) is 45.2 Å². The Labute approximate surface area is 115 Å². The smallest absolute Gasteiger partial charge is 0.274 e. The quantitative estimate of drug-likeness (QED) is 0.938. The lowest BCUT2D eigenvalue weighted by Gasteiger charge is -2.12. The molecular formula is C14H13F2N3O. The molecule has 104 valence electrons. The van der Waals surface area contributed by atoms with Crippen LogP contribution in [0.4, 0.5) is 20.3 Å². The Kier molecular flexibility index (Phi) is 3.93. The van der Waals surface area contributed by atoms with Crippen LogP contribution in [0, 0.1) is 11.6 Å². The van der Waals surface area contributed by atoms with Gasteiger partial charge in [-0.1, -0.05) is 6.07 Å². The molecule has 0 aliphatic carbocycles. The molecule has 0 aliphatic rings. The van der Waals surface area contributed by atoms with Crippen LogP contribution in [0.15, 0.2) is 36.4 Å². The molecule has 20 heavy (non-hydrogen) atoms. The Morgan fingerprint density at radius 2 is 1.95 bits per heavy atom. The number of hydrogen-bond acceptors (Lipinski definition) is 3. The van der Waals surface area contributed by atoms with Crippen molar-refractivity contribution in [3.8, 4) is 0 Å². The number of carbonyl (C=O) groups is 1. The van der Waals surface area contributed by atoms with Gasteiger partial charge in [0.25, 0.3) is 5.91 Å². The predicted molar refractivity (Wildman–Crippen MR) is 72.9 cm³/mol. The first-order valence-corrected chi connectivity index (χ1v) is 5.88. The van der Waals surface area contributed by atoms with Gasteiger partial charge in [-0.2, -0.15) is 0 Å². The third-order valence-electron chi connectivity index (χ3n) is 2.60. The van der Waals surface area contributed by atoms with Crippen LogP contribution in [0.3, 0.4) is 0 Å². The zero-order chi connectivity index (χ0) is 14.7. The van der Waals surface area contributed by atoms with Crippen LogP contribution in [-0.2, 0) is 0 Å². The SMILES string of the molecule is CN(C)c1cccc(C(=O)Nc2ccc(F)cc2F)n1. The summed E-state index contributed by atoms with van der Waals surface area (Å²) in [5.41, 5.74) is 0.0633. The number of pyridine rings is 1. The highest BCUT2D eigenvalue weighted by Crippen LogP contribution is 2.16. The third-order valence-corrected chi connectivity index (χ3v) is 2.60. The van der Waals surface area contributed by atoms with E-state index in [2.05, 4.69) is 10.3 Å². The molecule has 0 atom stereocenters. The zero-order valence-corrected chi connectivity index (χ0v) is 11.0. The maximum absolute atomic E-state index is 13.5. The van der Waals surface area contributed by atoms with Crippen LogP contribution in [0.5, 0.6) is 0 Å². The fraction of sp³-hybridized carbons (Fsp3) is 0.143. The second kappa shape index (κ2) is 5.64.